The third-order valence-corrected chi connectivity index (χ3v) is 6.03. The van der Waals surface area contributed by atoms with Crippen LogP contribution in [-0.4, -0.2) is 56.5 Å². The molecule has 0 saturated heterocycles. The number of ether oxygens (including phenoxy) is 2. The number of fused-ring (bicyclic) bond motifs is 1. The number of rotatable bonds is 13. The molecule has 1 unspecified atom stereocenters. The van der Waals surface area contributed by atoms with E-state index in [1.165, 1.54) is 12.1 Å². The van der Waals surface area contributed by atoms with E-state index >= 15 is 0 Å². The Morgan fingerprint density at radius 3 is 2.69 bits per heavy atom. The van der Waals surface area contributed by atoms with E-state index in [0.717, 1.165) is 36.2 Å². The lowest BCUT2D eigenvalue weighted by Crippen LogP contribution is -2.32. The summed E-state index contributed by atoms with van der Waals surface area (Å²) < 4.78 is 25.4. The first-order valence-electron chi connectivity index (χ1n) is 12.7. The maximum Gasteiger partial charge on any atom is 0.250 e. The molecule has 7 nitrogen and oxygen atoms in total. The van der Waals surface area contributed by atoms with Crippen molar-refractivity contribution in [1.82, 2.24) is 5.32 Å². The number of carbonyl (C=O) groups is 1. The van der Waals surface area contributed by atoms with E-state index in [0.29, 0.717) is 49.8 Å². The van der Waals surface area contributed by atoms with E-state index < -0.39 is 5.91 Å². The van der Waals surface area contributed by atoms with Crippen molar-refractivity contribution < 1.29 is 23.8 Å². The quantitative estimate of drug-likeness (QED) is 0.362. The Balaban J connectivity index is 1.55. The molecule has 0 saturated carbocycles. The van der Waals surface area contributed by atoms with Crippen LogP contribution in [0.4, 0.5) is 10.1 Å². The van der Waals surface area contributed by atoms with E-state index in [-0.39, 0.29) is 23.9 Å². The van der Waals surface area contributed by atoms with Crippen LogP contribution in [0.25, 0.3) is 0 Å². The molecule has 2 aromatic carbocycles. The number of primary amides is 1. The van der Waals surface area contributed by atoms with Crippen LogP contribution in [0.3, 0.4) is 0 Å². The van der Waals surface area contributed by atoms with Crippen molar-refractivity contribution >= 4 is 11.6 Å². The molecule has 1 heterocycles. The highest BCUT2D eigenvalue weighted by Crippen LogP contribution is 2.34. The molecular weight excluding hydrogens is 461 g/mol. The highest BCUT2D eigenvalue weighted by molar-refractivity contribution is 6.00. The molecule has 0 radical (unpaired) electrons. The average Bonchev–Trinajstić information content (AvgIpc) is 3.21. The van der Waals surface area contributed by atoms with Gasteiger partial charge in [-0.25, -0.2) is 4.39 Å². The normalized spacial score (nSPS) is 14.0. The Kier molecular flexibility index (Phi) is 9.56. The second kappa shape index (κ2) is 12.4. The topological polar surface area (TPSA) is 97.1 Å². The van der Waals surface area contributed by atoms with Gasteiger partial charge in [-0.2, -0.15) is 0 Å². The maximum atomic E-state index is 13.7. The Morgan fingerprint density at radius 2 is 2.00 bits per heavy atom. The lowest BCUT2D eigenvalue weighted by Gasteiger charge is -2.22. The van der Waals surface area contributed by atoms with E-state index in [4.69, 9.17) is 15.2 Å². The molecule has 1 amide bonds. The van der Waals surface area contributed by atoms with Gasteiger partial charge in [0.15, 0.2) is 11.5 Å². The van der Waals surface area contributed by atoms with E-state index in [2.05, 4.69) is 44.0 Å². The zero-order chi connectivity index (χ0) is 26.3. The molecular formula is C28H40FN3O4. The smallest absolute Gasteiger partial charge is 0.250 e. The summed E-state index contributed by atoms with van der Waals surface area (Å²) in [4.78, 5) is 14.3. The van der Waals surface area contributed by atoms with Gasteiger partial charge in [0.1, 0.15) is 12.4 Å². The van der Waals surface area contributed by atoms with E-state index in [1.807, 2.05) is 6.07 Å². The second-order valence-corrected chi connectivity index (χ2v) is 10.7. The standard InChI is InChI=1S/C28H40FN3O4/c1-19(31-9-13-35-24-7-6-22(29)17-25(24)36-18-28(2,3)4)14-20-15-21-8-11-32(10-5-12-33)26(21)23(16-20)27(30)34/h6-7,15-17,19,31,33H,5,8-14,18H2,1-4H3,(H2,30,34). The largest absolute Gasteiger partial charge is 0.489 e. The summed E-state index contributed by atoms with van der Waals surface area (Å²) in [6.07, 6.45) is 2.26. The van der Waals surface area contributed by atoms with Crippen molar-refractivity contribution in [3.05, 3.63) is 52.8 Å². The van der Waals surface area contributed by atoms with Crippen molar-refractivity contribution in [3.63, 3.8) is 0 Å². The molecule has 1 atom stereocenters. The Labute approximate surface area is 213 Å². The fraction of sp³-hybridized carbons (Fsp3) is 0.536. The predicted molar refractivity (Wildman–Crippen MR) is 141 cm³/mol. The zero-order valence-electron chi connectivity index (χ0n) is 21.9. The molecule has 8 heteroatoms. The summed E-state index contributed by atoms with van der Waals surface area (Å²) >= 11 is 0. The number of hydrogen-bond acceptors (Lipinski definition) is 6. The molecule has 2 aromatic rings. The highest BCUT2D eigenvalue weighted by Gasteiger charge is 2.25. The van der Waals surface area contributed by atoms with Crippen LogP contribution in [0.5, 0.6) is 11.5 Å². The number of halogens is 1. The van der Waals surface area contributed by atoms with Gasteiger partial charge in [0, 0.05) is 38.3 Å². The first-order chi connectivity index (χ1) is 17.1. The summed E-state index contributed by atoms with van der Waals surface area (Å²) in [5.41, 5.74) is 9.32. The number of nitrogens with two attached hydrogens (primary N) is 1. The number of anilines is 1. The molecule has 3 rings (SSSR count). The van der Waals surface area contributed by atoms with Crippen molar-refractivity contribution in [2.24, 2.45) is 11.1 Å². The summed E-state index contributed by atoms with van der Waals surface area (Å²) in [5, 5.41) is 12.6. The van der Waals surface area contributed by atoms with Crippen LogP contribution in [0.2, 0.25) is 0 Å². The molecule has 198 valence electrons. The number of nitrogens with zero attached hydrogens (tertiary/aromatic N) is 1. The van der Waals surface area contributed by atoms with Gasteiger partial charge in [-0.1, -0.05) is 26.8 Å². The fourth-order valence-electron chi connectivity index (χ4n) is 4.38. The minimum absolute atomic E-state index is 0.0514. The average molecular weight is 502 g/mol. The molecule has 0 fully saturated rings. The van der Waals surface area contributed by atoms with Gasteiger partial charge in [-0.05, 0) is 60.9 Å². The third kappa shape index (κ3) is 7.83. The van der Waals surface area contributed by atoms with E-state index in [9.17, 15) is 14.3 Å². The zero-order valence-corrected chi connectivity index (χ0v) is 21.9. The molecule has 0 bridgehead atoms. The molecule has 1 aliphatic heterocycles. The Bertz CT molecular complexity index is 1040. The Hall–Kier alpha value is -2.84. The van der Waals surface area contributed by atoms with Crippen molar-refractivity contribution in [1.29, 1.82) is 0 Å². The lowest BCUT2D eigenvalue weighted by atomic mass is 9.98. The number of amides is 1. The number of carbonyl (C=O) groups excluding carboxylic acids is 1. The van der Waals surface area contributed by atoms with Gasteiger partial charge in [0.05, 0.1) is 17.9 Å². The maximum absolute atomic E-state index is 13.7. The van der Waals surface area contributed by atoms with Gasteiger partial charge in [0.25, 0.3) is 5.91 Å². The number of aliphatic hydroxyl groups is 1. The van der Waals surface area contributed by atoms with Gasteiger partial charge in [-0.15, -0.1) is 0 Å². The number of benzene rings is 2. The lowest BCUT2D eigenvalue weighted by molar-refractivity contribution is 0.100. The summed E-state index contributed by atoms with van der Waals surface area (Å²) in [5.74, 6) is 0.134. The molecule has 36 heavy (non-hydrogen) atoms. The highest BCUT2D eigenvalue weighted by atomic mass is 19.1. The Morgan fingerprint density at radius 1 is 1.22 bits per heavy atom. The first-order valence-corrected chi connectivity index (χ1v) is 12.7. The summed E-state index contributed by atoms with van der Waals surface area (Å²) in [6, 6.07) is 8.51. The predicted octanol–water partition coefficient (Wildman–Crippen LogP) is 3.69. The van der Waals surface area contributed by atoms with Gasteiger partial charge >= 0.3 is 0 Å². The van der Waals surface area contributed by atoms with Crippen LogP contribution in [-0.2, 0) is 12.8 Å². The van der Waals surface area contributed by atoms with E-state index in [1.54, 1.807) is 6.07 Å². The molecule has 0 aliphatic carbocycles. The van der Waals surface area contributed by atoms with Gasteiger partial charge in [-0.3, -0.25) is 4.79 Å². The van der Waals surface area contributed by atoms with Crippen LogP contribution in [0.15, 0.2) is 30.3 Å². The second-order valence-electron chi connectivity index (χ2n) is 10.7. The van der Waals surface area contributed by atoms with Crippen molar-refractivity contribution in [2.45, 2.75) is 53.0 Å². The molecule has 1 aliphatic rings. The van der Waals surface area contributed by atoms with Crippen LogP contribution in [0.1, 0.15) is 55.6 Å². The number of nitrogens with one attached hydrogen (secondary N) is 1. The van der Waals surface area contributed by atoms with Gasteiger partial charge in [0.2, 0.25) is 0 Å². The molecule has 4 N–H and O–H groups in total. The summed E-state index contributed by atoms with van der Waals surface area (Å²) in [6.45, 7) is 11.4. The fourth-order valence-corrected chi connectivity index (χ4v) is 4.38. The number of hydrogen-bond donors (Lipinski definition) is 3. The minimum Gasteiger partial charge on any atom is -0.489 e. The van der Waals surface area contributed by atoms with Crippen molar-refractivity contribution in [3.8, 4) is 11.5 Å². The first kappa shape index (κ1) is 27.7. The minimum atomic E-state index is -0.429. The van der Waals surface area contributed by atoms with Crippen molar-refractivity contribution in [2.75, 3.05) is 44.4 Å². The summed E-state index contributed by atoms with van der Waals surface area (Å²) in [7, 11) is 0. The monoisotopic (exact) mass is 501 g/mol. The number of aliphatic hydroxyl groups excluding tert-OH is 1. The SMILES string of the molecule is CC(Cc1cc2c(c(C(N)=O)c1)N(CCCO)CC2)NCCOc1ccc(F)cc1OCC(C)(C)C. The van der Waals surface area contributed by atoms with Crippen LogP contribution in [0, 0.1) is 11.2 Å². The van der Waals surface area contributed by atoms with Gasteiger partial charge < -0.3 is 30.5 Å². The third-order valence-electron chi connectivity index (χ3n) is 6.03. The van der Waals surface area contributed by atoms with Crippen LogP contribution >= 0.6 is 0 Å². The molecule has 0 spiro atoms. The molecule has 0 aromatic heterocycles. The van der Waals surface area contributed by atoms with Crippen LogP contribution < -0.4 is 25.4 Å².